The summed E-state index contributed by atoms with van der Waals surface area (Å²) >= 11 is 0. The summed E-state index contributed by atoms with van der Waals surface area (Å²) in [6.45, 7) is 0. The van der Waals surface area contributed by atoms with Gasteiger partial charge >= 0.3 is 0 Å². The SMILES string of the molecule is O=c1[nH]cc(-c2ccc3c(c2)c2ccccc2n3-c2ccccc2)c2[nH]c3cccc(-c4ccc5c(c4)c4ccccc4n5-c4ccccc4)c3c12. The maximum absolute atomic E-state index is 13.8. The molecule has 0 spiro atoms. The molecule has 5 nitrogen and oxygen atoms in total. The van der Waals surface area contributed by atoms with E-state index in [9.17, 15) is 4.79 Å². The molecule has 0 fully saturated rings. The van der Waals surface area contributed by atoms with Crippen molar-refractivity contribution in [2.45, 2.75) is 0 Å². The van der Waals surface area contributed by atoms with Gasteiger partial charge in [0.25, 0.3) is 5.56 Å². The number of pyridine rings is 1. The molecule has 4 aromatic heterocycles. The summed E-state index contributed by atoms with van der Waals surface area (Å²) in [6, 6.07) is 57.7. The van der Waals surface area contributed by atoms with Crippen molar-refractivity contribution in [2.24, 2.45) is 0 Å². The fraction of sp³-hybridized carbons (Fsp3) is 0. The number of nitrogens with zero attached hydrogens (tertiary/aromatic N) is 2. The molecule has 7 aromatic carbocycles. The van der Waals surface area contributed by atoms with Gasteiger partial charge in [-0.25, -0.2) is 0 Å². The van der Waals surface area contributed by atoms with Crippen LogP contribution in [0.4, 0.5) is 0 Å². The molecule has 0 radical (unpaired) electrons. The molecule has 244 valence electrons. The molecule has 11 rings (SSSR count). The van der Waals surface area contributed by atoms with Crippen LogP contribution in [-0.2, 0) is 0 Å². The highest BCUT2D eigenvalue weighted by molar-refractivity contribution is 6.19. The summed E-state index contributed by atoms with van der Waals surface area (Å²) in [5.74, 6) is 0. The largest absolute Gasteiger partial charge is 0.354 e. The Hall–Kier alpha value is -7.11. The summed E-state index contributed by atoms with van der Waals surface area (Å²) in [4.78, 5) is 20.6. The number of hydrogen-bond acceptors (Lipinski definition) is 1. The van der Waals surface area contributed by atoms with Gasteiger partial charge < -0.3 is 19.1 Å². The average Bonchev–Trinajstić information content (AvgIpc) is 3.87. The number of H-pyrrole nitrogens is 2. The summed E-state index contributed by atoms with van der Waals surface area (Å²) in [5, 5.41) is 6.31. The third-order valence-corrected chi connectivity index (χ3v) is 10.7. The Kier molecular flexibility index (Phi) is 6.04. The van der Waals surface area contributed by atoms with E-state index in [0.717, 1.165) is 77.5 Å². The molecule has 0 unspecified atom stereocenters. The van der Waals surface area contributed by atoms with Crippen LogP contribution in [0, 0.1) is 0 Å². The second-order valence-electron chi connectivity index (χ2n) is 13.5. The molecule has 0 aliphatic rings. The minimum Gasteiger partial charge on any atom is -0.354 e. The van der Waals surface area contributed by atoms with Crippen LogP contribution in [0.1, 0.15) is 0 Å². The highest BCUT2D eigenvalue weighted by atomic mass is 16.1. The van der Waals surface area contributed by atoms with E-state index >= 15 is 0 Å². The Bertz CT molecular complexity index is 3250. The molecule has 0 aliphatic heterocycles. The van der Waals surface area contributed by atoms with Crippen LogP contribution in [-0.4, -0.2) is 19.1 Å². The zero-order valence-corrected chi connectivity index (χ0v) is 28.0. The van der Waals surface area contributed by atoms with Crippen LogP contribution in [0.2, 0.25) is 0 Å². The summed E-state index contributed by atoms with van der Waals surface area (Å²) in [6.07, 6.45) is 1.85. The molecule has 0 amide bonds. The van der Waals surface area contributed by atoms with Gasteiger partial charge in [0.05, 0.1) is 33.0 Å². The zero-order valence-electron chi connectivity index (χ0n) is 28.0. The van der Waals surface area contributed by atoms with E-state index in [2.05, 4.69) is 171 Å². The predicted octanol–water partition coefficient (Wildman–Crippen LogP) is 11.5. The molecule has 4 heterocycles. The first kappa shape index (κ1) is 28.7. The molecule has 0 saturated heterocycles. The van der Waals surface area contributed by atoms with Crippen molar-refractivity contribution in [3.8, 4) is 33.6 Å². The van der Waals surface area contributed by atoms with Crippen LogP contribution in [0.3, 0.4) is 0 Å². The fourth-order valence-corrected chi connectivity index (χ4v) is 8.42. The van der Waals surface area contributed by atoms with E-state index in [1.54, 1.807) is 0 Å². The quantitative estimate of drug-likeness (QED) is 0.193. The monoisotopic (exact) mass is 666 g/mol. The number of para-hydroxylation sites is 4. The van der Waals surface area contributed by atoms with Crippen molar-refractivity contribution < 1.29 is 0 Å². The normalized spacial score (nSPS) is 11.9. The number of rotatable bonds is 4. The van der Waals surface area contributed by atoms with Gasteiger partial charge in [0.15, 0.2) is 0 Å². The van der Waals surface area contributed by atoms with Gasteiger partial charge in [-0.05, 0) is 83.4 Å². The van der Waals surface area contributed by atoms with Crippen molar-refractivity contribution >= 4 is 65.4 Å². The minimum absolute atomic E-state index is 0.110. The number of fused-ring (bicyclic) bond motifs is 9. The van der Waals surface area contributed by atoms with Gasteiger partial charge in [0, 0.05) is 55.6 Å². The first-order valence-corrected chi connectivity index (χ1v) is 17.6. The summed E-state index contributed by atoms with van der Waals surface area (Å²) in [5.41, 5.74) is 12.6. The summed E-state index contributed by atoms with van der Waals surface area (Å²) in [7, 11) is 0. The highest BCUT2D eigenvalue weighted by Gasteiger charge is 2.20. The van der Waals surface area contributed by atoms with Gasteiger partial charge in [0.1, 0.15) is 0 Å². The van der Waals surface area contributed by atoms with Gasteiger partial charge in [-0.1, -0.05) is 97.1 Å². The van der Waals surface area contributed by atoms with Gasteiger partial charge in [-0.3, -0.25) is 4.79 Å². The van der Waals surface area contributed by atoms with Gasteiger partial charge in [0.2, 0.25) is 0 Å². The maximum Gasteiger partial charge on any atom is 0.258 e. The van der Waals surface area contributed by atoms with Crippen LogP contribution in [0.5, 0.6) is 0 Å². The molecule has 52 heavy (non-hydrogen) atoms. The van der Waals surface area contributed by atoms with Gasteiger partial charge in [-0.15, -0.1) is 0 Å². The lowest BCUT2D eigenvalue weighted by atomic mass is 9.97. The molecular formula is C47H30N4O. The molecule has 2 N–H and O–H groups in total. The second-order valence-corrected chi connectivity index (χ2v) is 13.5. The molecule has 5 heteroatoms. The smallest absolute Gasteiger partial charge is 0.258 e. The number of hydrogen-bond donors (Lipinski definition) is 2. The van der Waals surface area contributed by atoms with Crippen molar-refractivity contribution in [2.75, 3.05) is 0 Å². The topological polar surface area (TPSA) is 58.5 Å². The predicted molar refractivity (Wildman–Crippen MR) is 216 cm³/mol. The molecule has 0 aliphatic carbocycles. The summed E-state index contributed by atoms with van der Waals surface area (Å²) < 4.78 is 4.64. The number of aromatic nitrogens is 4. The van der Waals surface area contributed by atoms with E-state index in [0.29, 0.717) is 5.39 Å². The van der Waals surface area contributed by atoms with Crippen molar-refractivity contribution in [3.05, 3.63) is 180 Å². The Balaban J connectivity index is 1.12. The Labute approximate surface area is 297 Å². The van der Waals surface area contributed by atoms with E-state index in [1.807, 2.05) is 18.3 Å². The third kappa shape index (κ3) is 4.08. The van der Waals surface area contributed by atoms with E-state index in [1.165, 1.54) is 16.2 Å². The lowest BCUT2D eigenvalue weighted by Gasteiger charge is -2.09. The number of nitrogens with one attached hydrogen (secondary N) is 2. The first-order chi connectivity index (χ1) is 25.7. The Morgan fingerprint density at radius 1 is 0.423 bits per heavy atom. The number of benzene rings is 7. The number of aromatic amines is 2. The fourth-order valence-electron chi connectivity index (χ4n) is 8.42. The molecule has 0 atom stereocenters. The molecule has 11 aromatic rings. The minimum atomic E-state index is -0.110. The van der Waals surface area contributed by atoms with E-state index in [-0.39, 0.29) is 5.56 Å². The standard InChI is InChI=1S/C47H30N4O/c52-47-45-44-33(29-22-24-42-36(26-29)34-16-7-9-20-40(34)50(42)31-12-3-1-4-13-31)18-11-19-39(44)49-46(45)38(28-48-47)30-23-25-43-37(27-30)35-17-8-10-21-41(35)51(43)32-14-5-2-6-15-32/h1-28,49H,(H,48,52). The lowest BCUT2D eigenvalue weighted by Crippen LogP contribution is -2.05. The first-order valence-electron chi connectivity index (χ1n) is 17.6. The Morgan fingerprint density at radius 2 is 0.942 bits per heavy atom. The Morgan fingerprint density at radius 3 is 1.54 bits per heavy atom. The van der Waals surface area contributed by atoms with Gasteiger partial charge in [-0.2, -0.15) is 0 Å². The van der Waals surface area contributed by atoms with E-state index < -0.39 is 0 Å². The van der Waals surface area contributed by atoms with E-state index in [4.69, 9.17) is 0 Å². The lowest BCUT2D eigenvalue weighted by molar-refractivity contribution is 1.18. The maximum atomic E-state index is 13.8. The molecular weight excluding hydrogens is 637 g/mol. The van der Waals surface area contributed by atoms with Crippen molar-refractivity contribution in [3.63, 3.8) is 0 Å². The third-order valence-electron chi connectivity index (χ3n) is 10.7. The average molecular weight is 667 g/mol. The van der Waals surface area contributed by atoms with Crippen LogP contribution in [0.15, 0.2) is 175 Å². The highest BCUT2D eigenvalue weighted by Crippen LogP contribution is 2.41. The second kappa shape index (κ2) is 10.9. The van der Waals surface area contributed by atoms with Crippen LogP contribution in [0.25, 0.3) is 99.0 Å². The van der Waals surface area contributed by atoms with Crippen molar-refractivity contribution in [1.29, 1.82) is 0 Å². The molecule has 0 bridgehead atoms. The van der Waals surface area contributed by atoms with Crippen LogP contribution >= 0.6 is 0 Å². The van der Waals surface area contributed by atoms with Crippen molar-refractivity contribution in [1.82, 2.24) is 19.1 Å². The molecule has 0 saturated carbocycles. The van der Waals surface area contributed by atoms with Crippen LogP contribution < -0.4 is 5.56 Å². The zero-order chi connectivity index (χ0) is 34.3.